The lowest BCUT2D eigenvalue weighted by atomic mass is 9.95. The van der Waals surface area contributed by atoms with Crippen LogP contribution in [0.1, 0.15) is 34.9 Å². The molecule has 1 amide bonds. The Labute approximate surface area is 157 Å². The Morgan fingerprint density at radius 3 is 2.59 bits per heavy atom. The molecule has 0 spiro atoms. The first-order chi connectivity index (χ1) is 13.2. The van der Waals surface area contributed by atoms with E-state index in [2.05, 4.69) is 15.1 Å². The molecule has 0 N–H and O–H groups in total. The van der Waals surface area contributed by atoms with Crippen LogP contribution in [-0.2, 0) is 0 Å². The summed E-state index contributed by atoms with van der Waals surface area (Å²) in [5.41, 5.74) is 1.34. The summed E-state index contributed by atoms with van der Waals surface area (Å²) in [4.78, 5) is 23.3. The first kappa shape index (κ1) is 17.2. The number of pyridine rings is 1. The van der Waals surface area contributed by atoms with Crippen molar-refractivity contribution in [2.45, 2.75) is 18.8 Å². The summed E-state index contributed by atoms with van der Waals surface area (Å²) >= 11 is 0. The van der Waals surface area contributed by atoms with E-state index in [4.69, 9.17) is 9.26 Å². The monoisotopic (exact) mass is 364 g/mol. The second kappa shape index (κ2) is 7.57. The highest BCUT2D eigenvalue weighted by molar-refractivity contribution is 5.94. The number of carbonyl (C=O) groups is 1. The van der Waals surface area contributed by atoms with E-state index < -0.39 is 0 Å². The minimum Gasteiger partial charge on any atom is -0.497 e. The molecule has 2 aromatic heterocycles. The number of piperidine rings is 1. The normalized spacial score (nSPS) is 14.9. The first-order valence-corrected chi connectivity index (χ1v) is 8.93. The zero-order valence-electron chi connectivity index (χ0n) is 15.0. The highest BCUT2D eigenvalue weighted by atomic mass is 16.5. The van der Waals surface area contributed by atoms with Crippen LogP contribution in [-0.4, -0.2) is 46.1 Å². The van der Waals surface area contributed by atoms with Crippen molar-refractivity contribution >= 4 is 5.91 Å². The number of amides is 1. The Hall–Kier alpha value is -3.22. The van der Waals surface area contributed by atoms with E-state index in [1.165, 1.54) is 0 Å². The van der Waals surface area contributed by atoms with Gasteiger partial charge in [-0.05, 0) is 49.2 Å². The van der Waals surface area contributed by atoms with E-state index >= 15 is 0 Å². The van der Waals surface area contributed by atoms with Crippen LogP contribution in [0.2, 0.25) is 0 Å². The van der Waals surface area contributed by atoms with Gasteiger partial charge in [0.15, 0.2) is 5.82 Å². The van der Waals surface area contributed by atoms with Crippen molar-refractivity contribution < 1.29 is 14.1 Å². The van der Waals surface area contributed by atoms with Crippen molar-refractivity contribution in [3.8, 4) is 17.3 Å². The fourth-order valence-corrected chi connectivity index (χ4v) is 3.25. The largest absolute Gasteiger partial charge is 0.497 e. The highest BCUT2D eigenvalue weighted by Gasteiger charge is 2.27. The topological polar surface area (TPSA) is 81.4 Å². The maximum Gasteiger partial charge on any atom is 0.276 e. The van der Waals surface area contributed by atoms with Crippen LogP contribution in [0.15, 0.2) is 53.2 Å². The van der Waals surface area contributed by atoms with Crippen LogP contribution in [0, 0.1) is 0 Å². The molecule has 1 aliphatic heterocycles. The van der Waals surface area contributed by atoms with Crippen molar-refractivity contribution in [1.29, 1.82) is 0 Å². The number of likely N-dealkylation sites (tertiary alicyclic amines) is 1. The van der Waals surface area contributed by atoms with E-state index in [-0.39, 0.29) is 11.8 Å². The summed E-state index contributed by atoms with van der Waals surface area (Å²) in [5.74, 6) is 2.09. The van der Waals surface area contributed by atoms with Gasteiger partial charge in [-0.2, -0.15) is 4.98 Å². The summed E-state index contributed by atoms with van der Waals surface area (Å²) in [6, 6.07) is 12.8. The van der Waals surface area contributed by atoms with Gasteiger partial charge in [0.1, 0.15) is 11.4 Å². The molecule has 0 saturated carbocycles. The third-order valence-electron chi connectivity index (χ3n) is 4.81. The molecule has 3 aromatic rings. The molecular weight excluding hydrogens is 344 g/mol. The molecule has 1 aliphatic rings. The minimum absolute atomic E-state index is 0.0402. The number of benzene rings is 1. The molecule has 27 heavy (non-hydrogen) atoms. The van der Waals surface area contributed by atoms with Crippen molar-refractivity contribution in [2.75, 3.05) is 20.2 Å². The van der Waals surface area contributed by atoms with Crippen molar-refractivity contribution in [3.05, 3.63) is 60.0 Å². The van der Waals surface area contributed by atoms with E-state index in [0.29, 0.717) is 36.1 Å². The zero-order valence-corrected chi connectivity index (χ0v) is 15.0. The number of aromatic nitrogens is 3. The second-order valence-electron chi connectivity index (χ2n) is 6.47. The summed E-state index contributed by atoms with van der Waals surface area (Å²) < 4.78 is 10.5. The second-order valence-corrected chi connectivity index (χ2v) is 6.47. The Bertz CT molecular complexity index is 900. The summed E-state index contributed by atoms with van der Waals surface area (Å²) in [6.07, 6.45) is 3.31. The smallest absolute Gasteiger partial charge is 0.276 e. The molecule has 0 unspecified atom stereocenters. The quantitative estimate of drug-likeness (QED) is 0.707. The molecular formula is C20H20N4O3. The van der Waals surface area contributed by atoms with Crippen molar-refractivity contribution in [2.24, 2.45) is 0 Å². The molecule has 138 valence electrons. The average molecular weight is 364 g/mol. The Morgan fingerprint density at radius 2 is 1.93 bits per heavy atom. The number of methoxy groups -OCH3 is 1. The SMILES string of the molecule is COc1ccc(C(=O)N2CCC(c3noc(-c4ccccn4)n3)CC2)cc1. The predicted molar refractivity (Wildman–Crippen MR) is 98.4 cm³/mol. The maximum atomic E-state index is 12.7. The third kappa shape index (κ3) is 3.67. The van der Waals surface area contributed by atoms with Crippen LogP contribution in [0.3, 0.4) is 0 Å². The van der Waals surface area contributed by atoms with Crippen molar-refractivity contribution in [1.82, 2.24) is 20.0 Å². The van der Waals surface area contributed by atoms with Crippen molar-refractivity contribution in [3.63, 3.8) is 0 Å². The van der Waals surface area contributed by atoms with Crippen LogP contribution >= 0.6 is 0 Å². The van der Waals surface area contributed by atoms with E-state index in [1.54, 1.807) is 37.6 Å². The summed E-state index contributed by atoms with van der Waals surface area (Å²) in [7, 11) is 1.61. The number of rotatable bonds is 4. The molecule has 0 radical (unpaired) electrons. The molecule has 1 fully saturated rings. The maximum absolute atomic E-state index is 12.7. The van der Waals surface area contributed by atoms with Gasteiger partial charge < -0.3 is 14.2 Å². The predicted octanol–water partition coefficient (Wildman–Crippen LogP) is 3.16. The zero-order chi connectivity index (χ0) is 18.6. The van der Waals surface area contributed by atoms with Crippen LogP contribution < -0.4 is 4.74 Å². The fourth-order valence-electron chi connectivity index (χ4n) is 3.25. The highest BCUT2D eigenvalue weighted by Crippen LogP contribution is 2.28. The van der Waals surface area contributed by atoms with Gasteiger partial charge in [-0.1, -0.05) is 11.2 Å². The minimum atomic E-state index is 0.0402. The summed E-state index contributed by atoms with van der Waals surface area (Å²) in [5, 5.41) is 4.12. The van der Waals surface area contributed by atoms with Gasteiger partial charge >= 0.3 is 0 Å². The lowest BCUT2D eigenvalue weighted by molar-refractivity contribution is 0.0710. The molecule has 3 heterocycles. The number of hydrogen-bond acceptors (Lipinski definition) is 6. The Kier molecular flexibility index (Phi) is 4.82. The van der Waals surface area contributed by atoms with Gasteiger partial charge in [0, 0.05) is 30.8 Å². The number of nitrogens with zero attached hydrogens (tertiary/aromatic N) is 4. The molecule has 7 heteroatoms. The molecule has 1 saturated heterocycles. The number of ether oxygens (including phenoxy) is 1. The third-order valence-corrected chi connectivity index (χ3v) is 4.81. The van der Waals surface area contributed by atoms with Gasteiger partial charge in [-0.25, -0.2) is 0 Å². The van der Waals surface area contributed by atoms with Crippen LogP contribution in [0.4, 0.5) is 0 Å². The van der Waals surface area contributed by atoms with E-state index in [0.717, 1.165) is 18.6 Å². The molecule has 1 aromatic carbocycles. The first-order valence-electron chi connectivity index (χ1n) is 8.93. The van der Waals surface area contributed by atoms with Gasteiger partial charge in [-0.15, -0.1) is 0 Å². The Balaban J connectivity index is 1.39. The Morgan fingerprint density at radius 1 is 1.15 bits per heavy atom. The lowest BCUT2D eigenvalue weighted by Gasteiger charge is -2.30. The lowest BCUT2D eigenvalue weighted by Crippen LogP contribution is -2.38. The molecule has 4 rings (SSSR count). The number of hydrogen-bond donors (Lipinski definition) is 0. The molecule has 7 nitrogen and oxygen atoms in total. The van der Waals surface area contributed by atoms with Gasteiger partial charge in [0.05, 0.1) is 7.11 Å². The van der Waals surface area contributed by atoms with Gasteiger partial charge in [-0.3, -0.25) is 9.78 Å². The standard InChI is InChI=1S/C20H20N4O3/c1-26-16-7-5-15(6-8-16)20(25)24-12-9-14(10-13-24)18-22-19(27-23-18)17-4-2-3-11-21-17/h2-8,11,14H,9-10,12-13H2,1H3. The van der Waals surface area contributed by atoms with Crippen LogP contribution in [0.25, 0.3) is 11.6 Å². The van der Waals surface area contributed by atoms with E-state index in [9.17, 15) is 4.79 Å². The van der Waals surface area contributed by atoms with Gasteiger partial charge in [0.25, 0.3) is 11.8 Å². The van der Waals surface area contributed by atoms with Crippen LogP contribution in [0.5, 0.6) is 5.75 Å². The van der Waals surface area contributed by atoms with E-state index in [1.807, 2.05) is 23.1 Å². The molecule has 0 atom stereocenters. The fraction of sp³-hybridized carbons (Fsp3) is 0.300. The van der Waals surface area contributed by atoms with Gasteiger partial charge in [0.2, 0.25) is 0 Å². The average Bonchev–Trinajstić information content (AvgIpc) is 3.24. The molecule has 0 bridgehead atoms. The molecule has 0 aliphatic carbocycles. The summed E-state index contributed by atoms with van der Waals surface area (Å²) in [6.45, 7) is 1.34. The number of carbonyl (C=O) groups excluding carboxylic acids is 1.